The number of aromatic carboxylic acids is 1. The first-order valence-corrected chi connectivity index (χ1v) is 5.35. The molecule has 2 aromatic rings. The van der Waals surface area contributed by atoms with E-state index in [0.29, 0.717) is 23.9 Å². The van der Waals surface area contributed by atoms with E-state index in [1.165, 1.54) is 12.4 Å². The minimum absolute atomic E-state index is 0.0534. The number of carboxylic acids is 1. The zero-order valence-electron chi connectivity index (χ0n) is 9.70. The van der Waals surface area contributed by atoms with Gasteiger partial charge in [0.1, 0.15) is 0 Å². The van der Waals surface area contributed by atoms with Gasteiger partial charge >= 0.3 is 5.97 Å². The van der Waals surface area contributed by atoms with E-state index >= 15 is 0 Å². The Bertz CT molecular complexity index is 537. The van der Waals surface area contributed by atoms with Gasteiger partial charge in [-0.05, 0) is 13.0 Å². The van der Waals surface area contributed by atoms with Crippen LogP contribution in [0, 0.1) is 0 Å². The van der Waals surface area contributed by atoms with Crippen molar-refractivity contribution in [3.8, 4) is 17.3 Å². The molecule has 92 valence electrons. The van der Waals surface area contributed by atoms with Gasteiger partial charge in [-0.3, -0.25) is 0 Å². The summed E-state index contributed by atoms with van der Waals surface area (Å²) in [6.07, 6.45) is 4.11. The maximum absolute atomic E-state index is 10.7. The van der Waals surface area contributed by atoms with Crippen molar-refractivity contribution in [1.29, 1.82) is 0 Å². The fourth-order valence-corrected chi connectivity index (χ4v) is 1.33. The first kappa shape index (κ1) is 12.0. The standard InChI is InChI=1S/C12H11N3O3/c1-2-18-10-4-3-8(5-13-10)11-14-6-9(7-15-11)12(16)17/h3-7H,2H2,1H3,(H,16,17). The molecule has 1 N–H and O–H groups in total. The summed E-state index contributed by atoms with van der Waals surface area (Å²) in [4.78, 5) is 22.7. The second kappa shape index (κ2) is 5.22. The largest absolute Gasteiger partial charge is 0.478 e. The topological polar surface area (TPSA) is 85.2 Å². The maximum atomic E-state index is 10.7. The molecule has 0 bridgehead atoms. The Labute approximate surface area is 103 Å². The lowest BCUT2D eigenvalue weighted by atomic mass is 10.2. The van der Waals surface area contributed by atoms with Gasteiger partial charge in [0.05, 0.1) is 12.2 Å². The quantitative estimate of drug-likeness (QED) is 0.881. The van der Waals surface area contributed by atoms with Crippen molar-refractivity contribution in [3.63, 3.8) is 0 Å². The Morgan fingerprint density at radius 1 is 1.22 bits per heavy atom. The minimum Gasteiger partial charge on any atom is -0.478 e. The number of hydrogen-bond donors (Lipinski definition) is 1. The molecule has 0 amide bonds. The lowest BCUT2D eigenvalue weighted by Crippen LogP contribution is -2.00. The van der Waals surface area contributed by atoms with Gasteiger partial charge in [0.15, 0.2) is 5.82 Å². The second-order valence-electron chi connectivity index (χ2n) is 3.42. The van der Waals surface area contributed by atoms with Crippen LogP contribution in [0.4, 0.5) is 0 Å². The van der Waals surface area contributed by atoms with E-state index in [4.69, 9.17) is 9.84 Å². The van der Waals surface area contributed by atoms with Crippen LogP contribution in [0.25, 0.3) is 11.4 Å². The molecular weight excluding hydrogens is 234 g/mol. The van der Waals surface area contributed by atoms with Crippen LogP contribution in [0.15, 0.2) is 30.7 Å². The van der Waals surface area contributed by atoms with Crippen molar-refractivity contribution in [3.05, 3.63) is 36.3 Å². The molecule has 0 aliphatic rings. The van der Waals surface area contributed by atoms with E-state index in [1.807, 2.05) is 6.92 Å². The van der Waals surface area contributed by atoms with Crippen LogP contribution in [-0.4, -0.2) is 32.6 Å². The van der Waals surface area contributed by atoms with Gasteiger partial charge < -0.3 is 9.84 Å². The number of rotatable bonds is 4. The molecule has 6 nitrogen and oxygen atoms in total. The van der Waals surface area contributed by atoms with Crippen LogP contribution in [0.5, 0.6) is 5.88 Å². The Morgan fingerprint density at radius 2 is 1.94 bits per heavy atom. The molecule has 0 aliphatic carbocycles. The minimum atomic E-state index is -1.05. The first-order chi connectivity index (χ1) is 8.70. The van der Waals surface area contributed by atoms with Gasteiger partial charge in [0.25, 0.3) is 0 Å². The Morgan fingerprint density at radius 3 is 2.44 bits per heavy atom. The summed E-state index contributed by atoms with van der Waals surface area (Å²) in [5, 5.41) is 8.73. The lowest BCUT2D eigenvalue weighted by molar-refractivity contribution is 0.0696. The lowest BCUT2D eigenvalue weighted by Gasteiger charge is -2.03. The van der Waals surface area contributed by atoms with Crippen molar-refractivity contribution in [2.45, 2.75) is 6.92 Å². The molecule has 0 aliphatic heterocycles. The number of ether oxygens (including phenoxy) is 1. The van der Waals surface area contributed by atoms with E-state index in [9.17, 15) is 4.79 Å². The zero-order valence-corrected chi connectivity index (χ0v) is 9.70. The van der Waals surface area contributed by atoms with Crippen LogP contribution < -0.4 is 4.74 Å². The highest BCUT2D eigenvalue weighted by atomic mass is 16.5. The Kier molecular flexibility index (Phi) is 3.47. The van der Waals surface area contributed by atoms with Gasteiger partial charge in [0, 0.05) is 30.2 Å². The monoisotopic (exact) mass is 245 g/mol. The van der Waals surface area contributed by atoms with Crippen LogP contribution in [0.2, 0.25) is 0 Å². The molecule has 0 saturated carbocycles. The molecule has 0 atom stereocenters. The predicted molar refractivity (Wildman–Crippen MR) is 63.4 cm³/mol. The number of pyridine rings is 1. The molecule has 2 rings (SSSR count). The highest BCUT2D eigenvalue weighted by molar-refractivity contribution is 5.86. The fourth-order valence-electron chi connectivity index (χ4n) is 1.33. The molecule has 0 spiro atoms. The first-order valence-electron chi connectivity index (χ1n) is 5.35. The number of nitrogens with zero attached hydrogens (tertiary/aromatic N) is 3. The average Bonchev–Trinajstić information content (AvgIpc) is 2.40. The summed E-state index contributed by atoms with van der Waals surface area (Å²) in [5.41, 5.74) is 0.757. The number of aromatic nitrogens is 3. The van der Waals surface area contributed by atoms with Crippen LogP contribution in [0.3, 0.4) is 0 Å². The Balaban J connectivity index is 2.23. The van der Waals surface area contributed by atoms with Crippen molar-refractivity contribution >= 4 is 5.97 Å². The van der Waals surface area contributed by atoms with E-state index in [2.05, 4.69) is 15.0 Å². The highest BCUT2D eigenvalue weighted by Gasteiger charge is 2.06. The van der Waals surface area contributed by atoms with E-state index in [-0.39, 0.29) is 5.56 Å². The molecule has 2 heterocycles. The summed E-state index contributed by atoms with van der Waals surface area (Å²) in [5.74, 6) is -0.0923. The Hall–Kier alpha value is -2.50. The van der Waals surface area contributed by atoms with Crippen LogP contribution in [-0.2, 0) is 0 Å². The van der Waals surface area contributed by atoms with Gasteiger partial charge in [-0.2, -0.15) is 0 Å². The molecule has 2 aromatic heterocycles. The third-order valence-electron chi connectivity index (χ3n) is 2.19. The van der Waals surface area contributed by atoms with E-state index in [0.717, 1.165) is 0 Å². The maximum Gasteiger partial charge on any atom is 0.338 e. The molecule has 0 unspecified atom stereocenters. The van der Waals surface area contributed by atoms with Gasteiger partial charge in [-0.1, -0.05) is 0 Å². The summed E-state index contributed by atoms with van der Waals surface area (Å²) in [6.45, 7) is 2.43. The zero-order chi connectivity index (χ0) is 13.0. The normalized spacial score (nSPS) is 10.1. The highest BCUT2D eigenvalue weighted by Crippen LogP contribution is 2.16. The molecule has 18 heavy (non-hydrogen) atoms. The van der Waals surface area contributed by atoms with Crippen LogP contribution in [0.1, 0.15) is 17.3 Å². The second-order valence-corrected chi connectivity index (χ2v) is 3.42. The van der Waals surface area contributed by atoms with Gasteiger partial charge in [0.2, 0.25) is 5.88 Å². The summed E-state index contributed by atoms with van der Waals surface area (Å²) < 4.78 is 5.22. The summed E-state index contributed by atoms with van der Waals surface area (Å²) in [7, 11) is 0. The molecular formula is C12H11N3O3. The van der Waals surface area contributed by atoms with E-state index < -0.39 is 5.97 Å². The van der Waals surface area contributed by atoms with E-state index in [1.54, 1.807) is 18.3 Å². The third kappa shape index (κ3) is 2.60. The summed E-state index contributed by atoms with van der Waals surface area (Å²) in [6, 6.07) is 3.49. The molecule has 0 radical (unpaired) electrons. The SMILES string of the molecule is CCOc1ccc(-c2ncc(C(=O)O)cn2)cn1. The number of hydrogen-bond acceptors (Lipinski definition) is 5. The molecule has 0 saturated heterocycles. The van der Waals surface area contributed by atoms with Gasteiger partial charge in [-0.25, -0.2) is 19.7 Å². The molecule has 0 fully saturated rings. The van der Waals surface area contributed by atoms with Crippen molar-refractivity contribution in [2.75, 3.05) is 6.61 Å². The number of carboxylic acid groups (broad SMARTS) is 1. The molecule has 6 heteroatoms. The summed E-state index contributed by atoms with van der Waals surface area (Å²) >= 11 is 0. The van der Waals surface area contributed by atoms with Crippen molar-refractivity contribution in [2.24, 2.45) is 0 Å². The van der Waals surface area contributed by atoms with Crippen molar-refractivity contribution in [1.82, 2.24) is 15.0 Å². The smallest absolute Gasteiger partial charge is 0.338 e. The fraction of sp³-hybridized carbons (Fsp3) is 0.167. The number of carbonyl (C=O) groups is 1. The third-order valence-corrected chi connectivity index (χ3v) is 2.19. The van der Waals surface area contributed by atoms with Crippen molar-refractivity contribution < 1.29 is 14.6 Å². The van der Waals surface area contributed by atoms with Crippen LogP contribution >= 0.6 is 0 Å². The average molecular weight is 245 g/mol. The predicted octanol–water partition coefficient (Wildman–Crippen LogP) is 1.64. The van der Waals surface area contributed by atoms with Gasteiger partial charge in [-0.15, -0.1) is 0 Å². The molecule has 0 aromatic carbocycles.